The van der Waals surface area contributed by atoms with Crippen LogP contribution in [0.1, 0.15) is 30.9 Å². The Kier molecular flexibility index (Phi) is 4.67. The zero-order valence-electron chi connectivity index (χ0n) is 14.3. The summed E-state index contributed by atoms with van der Waals surface area (Å²) in [4.78, 5) is 37.6. The number of barbiturate groups is 1. The van der Waals surface area contributed by atoms with Gasteiger partial charge in [-0.3, -0.25) is 14.9 Å². The Morgan fingerprint density at radius 1 is 1.04 bits per heavy atom. The first-order chi connectivity index (χ1) is 12.4. The van der Waals surface area contributed by atoms with Crippen LogP contribution < -0.4 is 10.2 Å². The van der Waals surface area contributed by atoms with Crippen molar-refractivity contribution in [3.63, 3.8) is 0 Å². The maximum Gasteiger partial charge on any atom is 0.335 e. The molecule has 2 aromatic rings. The molecule has 1 N–H and O–H groups in total. The summed E-state index contributed by atoms with van der Waals surface area (Å²) in [6.07, 6.45) is 1.42. The number of nitrogens with zero attached hydrogens (tertiary/aromatic N) is 1. The summed E-state index contributed by atoms with van der Waals surface area (Å²) in [5, 5.41) is 2.11. The largest absolute Gasteiger partial charge is 0.335 e. The van der Waals surface area contributed by atoms with Gasteiger partial charge in [0.25, 0.3) is 11.8 Å². The SMILES string of the molecule is CC(C)c1ccc(/C=C2\C(=O)NC(=O)N(c3cccc(F)c3)C2=O)cc1. The molecule has 0 aliphatic carbocycles. The van der Waals surface area contributed by atoms with Gasteiger partial charge in [-0.15, -0.1) is 0 Å². The lowest BCUT2D eigenvalue weighted by molar-refractivity contribution is -0.122. The molecule has 0 radical (unpaired) electrons. The van der Waals surface area contributed by atoms with E-state index in [1.807, 2.05) is 12.1 Å². The second-order valence-corrected chi connectivity index (χ2v) is 6.26. The molecule has 0 atom stereocenters. The monoisotopic (exact) mass is 352 g/mol. The number of nitrogens with one attached hydrogen (secondary N) is 1. The van der Waals surface area contributed by atoms with Gasteiger partial charge in [0.2, 0.25) is 0 Å². The average molecular weight is 352 g/mol. The van der Waals surface area contributed by atoms with Crippen LogP contribution in [0.3, 0.4) is 0 Å². The highest BCUT2D eigenvalue weighted by atomic mass is 19.1. The molecule has 1 fully saturated rings. The molecule has 0 spiro atoms. The van der Waals surface area contributed by atoms with Gasteiger partial charge in [0.05, 0.1) is 5.69 Å². The van der Waals surface area contributed by atoms with Crippen molar-refractivity contribution in [1.29, 1.82) is 0 Å². The topological polar surface area (TPSA) is 66.5 Å². The number of carbonyl (C=O) groups excluding carboxylic acids is 3. The van der Waals surface area contributed by atoms with E-state index in [1.165, 1.54) is 24.3 Å². The second kappa shape index (κ2) is 6.92. The summed E-state index contributed by atoms with van der Waals surface area (Å²) in [6.45, 7) is 4.13. The molecule has 0 saturated carbocycles. The standard InChI is InChI=1S/C20H17FN2O3/c1-12(2)14-8-6-13(7-9-14)10-17-18(24)22-20(26)23(19(17)25)16-5-3-4-15(21)11-16/h3-12H,1-2H3,(H,22,24,26)/b17-10+. The second-order valence-electron chi connectivity index (χ2n) is 6.26. The summed E-state index contributed by atoms with van der Waals surface area (Å²) in [5.41, 5.74) is 1.65. The van der Waals surface area contributed by atoms with Crippen molar-refractivity contribution in [3.05, 3.63) is 71.0 Å². The van der Waals surface area contributed by atoms with Crippen molar-refractivity contribution < 1.29 is 18.8 Å². The molecular formula is C20H17FN2O3. The number of carbonyl (C=O) groups is 3. The number of anilines is 1. The minimum absolute atomic E-state index is 0.0565. The average Bonchev–Trinajstić information content (AvgIpc) is 2.59. The number of rotatable bonds is 3. The lowest BCUT2D eigenvalue weighted by Crippen LogP contribution is -2.54. The predicted octanol–water partition coefficient (Wildman–Crippen LogP) is 3.62. The Labute approximate surface area is 150 Å². The van der Waals surface area contributed by atoms with Crippen LogP contribution in [-0.4, -0.2) is 17.8 Å². The van der Waals surface area contributed by atoms with Crippen molar-refractivity contribution in [3.8, 4) is 0 Å². The van der Waals surface area contributed by atoms with Crippen molar-refractivity contribution >= 4 is 29.6 Å². The van der Waals surface area contributed by atoms with Crippen molar-refractivity contribution in [2.45, 2.75) is 19.8 Å². The van der Waals surface area contributed by atoms with E-state index in [9.17, 15) is 18.8 Å². The van der Waals surface area contributed by atoms with Gasteiger partial charge in [-0.25, -0.2) is 14.1 Å². The molecule has 0 bridgehead atoms. The van der Waals surface area contributed by atoms with Crippen LogP contribution >= 0.6 is 0 Å². The summed E-state index contributed by atoms with van der Waals surface area (Å²) >= 11 is 0. The maximum absolute atomic E-state index is 13.4. The van der Waals surface area contributed by atoms with Crippen molar-refractivity contribution in [1.82, 2.24) is 5.32 Å². The molecule has 5 nitrogen and oxygen atoms in total. The van der Waals surface area contributed by atoms with Gasteiger partial charge in [-0.05, 0) is 41.3 Å². The van der Waals surface area contributed by atoms with Gasteiger partial charge >= 0.3 is 6.03 Å². The van der Waals surface area contributed by atoms with Crippen LogP contribution in [0.5, 0.6) is 0 Å². The van der Waals surface area contributed by atoms with E-state index in [2.05, 4.69) is 19.2 Å². The molecule has 4 amide bonds. The Morgan fingerprint density at radius 3 is 2.35 bits per heavy atom. The van der Waals surface area contributed by atoms with Gasteiger partial charge in [-0.1, -0.05) is 44.2 Å². The molecule has 132 valence electrons. The van der Waals surface area contributed by atoms with Crippen LogP contribution in [0.2, 0.25) is 0 Å². The quantitative estimate of drug-likeness (QED) is 0.678. The molecule has 3 rings (SSSR count). The lowest BCUT2D eigenvalue weighted by Gasteiger charge is -2.26. The fourth-order valence-electron chi connectivity index (χ4n) is 2.65. The Bertz CT molecular complexity index is 917. The molecule has 1 saturated heterocycles. The first-order valence-electron chi connectivity index (χ1n) is 8.14. The van der Waals surface area contributed by atoms with Crippen molar-refractivity contribution in [2.75, 3.05) is 4.90 Å². The third-order valence-electron chi connectivity index (χ3n) is 4.08. The number of hydrogen-bond donors (Lipinski definition) is 1. The fourth-order valence-corrected chi connectivity index (χ4v) is 2.65. The minimum Gasteiger partial charge on any atom is -0.273 e. The molecule has 26 heavy (non-hydrogen) atoms. The summed E-state index contributed by atoms with van der Waals surface area (Å²) in [7, 11) is 0. The van der Waals surface area contributed by atoms with E-state index in [0.717, 1.165) is 16.5 Å². The Balaban J connectivity index is 1.97. The summed E-state index contributed by atoms with van der Waals surface area (Å²) < 4.78 is 13.4. The van der Waals surface area contributed by atoms with Gasteiger partial charge in [0.15, 0.2) is 0 Å². The lowest BCUT2D eigenvalue weighted by atomic mass is 10.0. The van der Waals surface area contributed by atoms with E-state index in [4.69, 9.17) is 0 Å². The highest BCUT2D eigenvalue weighted by molar-refractivity contribution is 6.39. The smallest absolute Gasteiger partial charge is 0.273 e. The number of benzene rings is 2. The van der Waals surface area contributed by atoms with Crippen LogP contribution in [0.15, 0.2) is 54.1 Å². The number of amides is 4. The Morgan fingerprint density at radius 2 is 1.73 bits per heavy atom. The van der Waals surface area contributed by atoms with Gasteiger partial charge < -0.3 is 0 Å². The molecular weight excluding hydrogens is 335 g/mol. The van der Waals surface area contributed by atoms with E-state index in [-0.39, 0.29) is 11.3 Å². The minimum atomic E-state index is -0.905. The van der Waals surface area contributed by atoms with Gasteiger partial charge in [-0.2, -0.15) is 0 Å². The third-order valence-corrected chi connectivity index (χ3v) is 4.08. The first-order valence-corrected chi connectivity index (χ1v) is 8.14. The highest BCUT2D eigenvalue weighted by Gasteiger charge is 2.36. The molecule has 0 aromatic heterocycles. The molecule has 1 aliphatic heterocycles. The molecule has 2 aromatic carbocycles. The van der Waals surface area contributed by atoms with Crippen LogP contribution in [0.25, 0.3) is 6.08 Å². The number of urea groups is 1. The maximum atomic E-state index is 13.4. The van der Waals surface area contributed by atoms with E-state index >= 15 is 0 Å². The number of halogens is 1. The Hall–Kier alpha value is -3.28. The molecule has 6 heteroatoms. The molecule has 1 heterocycles. The third kappa shape index (κ3) is 3.39. The predicted molar refractivity (Wildman–Crippen MR) is 95.9 cm³/mol. The van der Waals surface area contributed by atoms with Gasteiger partial charge in [0, 0.05) is 0 Å². The van der Waals surface area contributed by atoms with E-state index in [1.54, 1.807) is 12.1 Å². The van der Waals surface area contributed by atoms with Crippen LogP contribution in [-0.2, 0) is 9.59 Å². The number of hydrogen-bond acceptors (Lipinski definition) is 3. The van der Waals surface area contributed by atoms with Crippen LogP contribution in [0, 0.1) is 5.82 Å². The summed E-state index contributed by atoms with van der Waals surface area (Å²) in [5.74, 6) is -1.80. The van der Waals surface area contributed by atoms with E-state index < -0.39 is 23.7 Å². The van der Waals surface area contributed by atoms with Crippen molar-refractivity contribution in [2.24, 2.45) is 0 Å². The fraction of sp³-hybridized carbons (Fsp3) is 0.150. The van der Waals surface area contributed by atoms with Gasteiger partial charge in [0.1, 0.15) is 11.4 Å². The van der Waals surface area contributed by atoms with Crippen LogP contribution in [0.4, 0.5) is 14.9 Å². The molecule has 0 unspecified atom stereocenters. The number of imide groups is 2. The normalized spacial score (nSPS) is 16.4. The first kappa shape index (κ1) is 17.5. The zero-order valence-corrected chi connectivity index (χ0v) is 14.3. The zero-order chi connectivity index (χ0) is 18.8. The molecule has 1 aliphatic rings. The van der Waals surface area contributed by atoms with E-state index in [0.29, 0.717) is 11.5 Å². The summed E-state index contributed by atoms with van der Waals surface area (Å²) in [6, 6.07) is 11.6. The highest BCUT2D eigenvalue weighted by Crippen LogP contribution is 2.23.